The summed E-state index contributed by atoms with van der Waals surface area (Å²) in [6.45, 7) is 4.27. The average Bonchev–Trinajstić information content (AvgIpc) is 3.12. The molecule has 2 aromatic carbocycles. The minimum absolute atomic E-state index is 0.0492. The van der Waals surface area contributed by atoms with E-state index in [1.807, 2.05) is 6.92 Å². The van der Waals surface area contributed by atoms with Crippen LogP contribution in [-0.2, 0) is 15.1 Å². The van der Waals surface area contributed by atoms with Crippen LogP contribution in [0.25, 0.3) is 0 Å². The van der Waals surface area contributed by atoms with Crippen LogP contribution in [0, 0.1) is 23.5 Å². The van der Waals surface area contributed by atoms with Crippen LogP contribution in [0.5, 0.6) is 0 Å². The number of carbonyl (C=O) groups is 1. The number of nitrogens with one attached hydrogen (secondary N) is 2. The van der Waals surface area contributed by atoms with Gasteiger partial charge in [0.05, 0.1) is 6.42 Å². The van der Waals surface area contributed by atoms with Crippen LogP contribution < -0.4 is 10.6 Å². The SMILES string of the molecule is CCCOC(CC(=O)NC1[C@H]2CNC[C@@H]12)(c1ccc(F)cc1)c1ccc(F)cc1. The molecule has 4 rings (SSSR count). The van der Waals surface area contributed by atoms with Crippen LogP contribution in [0.1, 0.15) is 30.9 Å². The molecule has 0 bridgehead atoms. The smallest absolute Gasteiger partial charge is 0.223 e. The molecule has 0 radical (unpaired) electrons. The number of ether oxygens (including phenoxy) is 1. The number of hydrogen-bond acceptors (Lipinski definition) is 3. The van der Waals surface area contributed by atoms with Crippen molar-refractivity contribution in [3.63, 3.8) is 0 Å². The molecule has 1 heterocycles. The largest absolute Gasteiger partial charge is 0.365 e. The third-order valence-corrected chi connectivity index (χ3v) is 6.00. The van der Waals surface area contributed by atoms with Gasteiger partial charge in [-0.2, -0.15) is 0 Å². The second-order valence-electron chi connectivity index (χ2n) is 7.95. The van der Waals surface area contributed by atoms with E-state index < -0.39 is 5.60 Å². The summed E-state index contributed by atoms with van der Waals surface area (Å²) in [4.78, 5) is 13.0. The molecule has 1 aliphatic carbocycles. The van der Waals surface area contributed by atoms with Gasteiger partial charge in [0, 0.05) is 25.7 Å². The van der Waals surface area contributed by atoms with Crippen LogP contribution in [0.3, 0.4) is 0 Å². The van der Waals surface area contributed by atoms with Crippen molar-refractivity contribution >= 4 is 5.91 Å². The Labute approximate surface area is 169 Å². The molecule has 1 amide bonds. The highest BCUT2D eigenvalue weighted by molar-refractivity contribution is 5.79. The Kier molecular flexibility index (Phi) is 5.65. The van der Waals surface area contributed by atoms with E-state index in [1.54, 1.807) is 24.3 Å². The molecular formula is C23H26F2N2O2. The quantitative estimate of drug-likeness (QED) is 0.715. The molecule has 1 unspecified atom stereocenters. The van der Waals surface area contributed by atoms with Crippen LogP contribution in [0.15, 0.2) is 48.5 Å². The number of benzene rings is 2. The Bertz CT molecular complexity index is 799. The first-order valence-electron chi connectivity index (χ1n) is 10.2. The maximum absolute atomic E-state index is 13.6. The van der Waals surface area contributed by atoms with Crippen LogP contribution in [0.4, 0.5) is 8.78 Å². The summed E-state index contributed by atoms with van der Waals surface area (Å²) < 4.78 is 33.4. The third-order valence-electron chi connectivity index (χ3n) is 6.00. The van der Waals surface area contributed by atoms with E-state index in [9.17, 15) is 13.6 Å². The number of amides is 1. The van der Waals surface area contributed by atoms with Crippen molar-refractivity contribution in [3.8, 4) is 0 Å². The Morgan fingerprint density at radius 3 is 2.03 bits per heavy atom. The molecular weight excluding hydrogens is 374 g/mol. The minimum atomic E-state index is -1.11. The van der Waals surface area contributed by atoms with E-state index in [-0.39, 0.29) is 30.0 Å². The molecule has 1 saturated heterocycles. The molecule has 2 aliphatic rings. The second-order valence-corrected chi connectivity index (χ2v) is 7.95. The van der Waals surface area contributed by atoms with Gasteiger partial charge in [0.25, 0.3) is 0 Å². The maximum Gasteiger partial charge on any atom is 0.223 e. The predicted octanol–water partition coefficient (Wildman–Crippen LogP) is 3.36. The normalized spacial score (nSPS) is 22.9. The number of rotatable bonds is 8. The summed E-state index contributed by atoms with van der Waals surface area (Å²) in [5.41, 5.74) is 0.238. The fraction of sp³-hybridized carbons (Fsp3) is 0.435. The Hall–Kier alpha value is -2.31. The molecule has 4 nitrogen and oxygen atoms in total. The molecule has 2 fully saturated rings. The lowest BCUT2D eigenvalue weighted by atomic mass is 9.82. The molecule has 3 atom stereocenters. The number of carbonyl (C=O) groups excluding carboxylic acids is 1. The highest BCUT2D eigenvalue weighted by Gasteiger charge is 2.54. The van der Waals surface area contributed by atoms with Crippen molar-refractivity contribution in [1.29, 1.82) is 0 Å². The molecule has 1 saturated carbocycles. The predicted molar refractivity (Wildman–Crippen MR) is 106 cm³/mol. The van der Waals surface area contributed by atoms with Crippen molar-refractivity contribution < 1.29 is 18.3 Å². The lowest BCUT2D eigenvalue weighted by Gasteiger charge is -2.35. The van der Waals surface area contributed by atoms with Gasteiger partial charge in [0.1, 0.15) is 17.2 Å². The summed E-state index contributed by atoms with van der Waals surface area (Å²) in [6.07, 6.45) is 0.803. The first-order valence-corrected chi connectivity index (χ1v) is 10.2. The zero-order chi connectivity index (χ0) is 20.4. The van der Waals surface area contributed by atoms with E-state index in [2.05, 4.69) is 10.6 Å². The van der Waals surface area contributed by atoms with E-state index in [0.29, 0.717) is 29.6 Å². The minimum Gasteiger partial charge on any atom is -0.365 e. The Balaban J connectivity index is 1.66. The number of hydrogen-bond donors (Lipinski definition) is 2. The van der Waals surface area contributed by atoms with Crippen molar-refractivity contribution in [2.75, 3.05) is 19.7 Å². The molecule has 154 valence electrons. The topological polar surface area (TPSA) is 50.4 Å². The lowest BCUT2D eigenvalue weighted by molar-refractivity contribution is -0.128. The van der Waals surface area contributed by atoms with Crippen LogP contribution >= 0.6 is 0 Å². The molecule has 2 aromatic rings. The molecule has 0 aromatic heterocycles. The van der Waals surface area contributed by atoms with E-state index in [4.69, 9.17) is 4.74 Å². The molecule has 29 heavy (non-hydrogen) atoms. The van der Waals surface area contributed by atoms with Crippen molar-refractivity contribution in [2.24, 2.45) is 11.8 Å². The zero-order valence-electron chi connectivity index (χ0n) is 16.5. The number of halogens is 2. The van der Waals surface area contributed by atoms with Gasteiger partial charge in [-0.1, -0.05) is 31.2 Å². The first kappa shape index (κ1) is 20.0. The van der Waals surface area contributed by atoms with Crippen molar-refractivity contribution in [2.45, 2.75) is 31.4 Å². The van der Waals surface area contributed by atoms with Crippen LogP contribution in [0.2, 0.25) is 0 Å². The van der Waals surface area contributed by atoms with E-state index >= 15 is 0 Å². The Morgan fingerprint density at radius 1 is 1.03 bits per heavy atom. The summed E-state index contributed by atoms with van der Waals surface area (Å²) in [5, 5.41) is 6.46. The third kappa shape index (κ3) is 4.05. The van der Waals surface area contributed by atoms with Gasteiger partial charge in [-0.15, -0.1) is 0 Å². The summed E-state index contributed by atoms with van der Waals surface area (Å²) in [6, 6.07) is 12.2. The maximum atomic E-state index is 13.6. The molecule has 0 spiro atoms. The number of piperidine rings is 1. The van der Waals surface area contributed by atoms with Gasteiger partial charge >= 0.3 is 0 Å². The zero-order valence-corrected chi connectivity index (χ0v) is 16.5. The summed E-state index contributed by atoms with van der Waals surface area (Å²) in [5.74, 6) is 0.164. The van der Waals surface area contributed by atoms with E-state index in [0.717, 1.165) is 19.5 Å². The van der Waals surface area contributed by atoms with Gasteiger partial charge in [-0.3, -0.25) is 4.79 Å². The monoisotopic (exact) mass is 400 g/mol. The fourth-order valence-electron chi connectivity index (χ4n) is 4.40. The van der Waals surface area contributed by atoms with Crippen molar-refractivity contribution in [3.05, 3.63) is 71.3 Å². The molecule has 2 N–H and O–H groups in total. The van der Waals surface area contributed by atoms with Gasteiger partial charge in [-0.05, 0) is 53.6 Å². The van der Waals surface area contributed by atoms with Gasteiger partial charge in [0.15, 0.2) is 0 Å². The standard InChI is InChI=1S/C23H26F2N2O2/c1-2-11-29-23(15-3-7-17(24)8-4-15,16-5-9-18(25)10-6-16)12-21(28)27-22-19-13-26-14-20(19)22/h3-10,19-20,22,26H,2,11-14H2,1H3,(H,27,28)/t19-,20+,22?. The lowest BCUT2D eigenvalue weighted by Crippen LogP contribution is -2.40. The highest BCUT2D eigenvalue weighted by Crippen LogP contribution is 2.43. The van der Waals surface area contributed by atoms with Crippen LogP contribution in [-0.4, -0.2) is 31.6 Å². The van der Waals surface area contributed by atoms with Gasteiger partial charge < -0.3 is 15.4 Å². The average molecular weight is 400 g/mol. The first-order chi connectivity index (χ1) is 14.0. The van der Waals surface area contributed by atoms with Crippen molar-refractivity contribution in [1.82, 2.24) is 10.6 Å². The molecule has 6 heteroatoms. The number of fused-ring (bicyclic) bond motifs is 1. The summed E-state index contributed by atoms with van der Waals surface area (Å²) >= 11 is 0. The molecule has 1 aliphatic heterocycles. The van der Waals surface area contributed by atoms with Gasteiger partial charge in [0.2, 0.25) is 5.91 Å². The fourth-order valence-corrected chi connectivity index (χ4v) is 4.40. The summed E-state index contributed by atoms with van der Waals surface area (Å²) in [7, 11) is 0. The van der Waals surface area contributed by atoms with E-state index in [1.165, 1.54) is 24.3 Å². The Morgan fingerprint density at radius 2 is 1.55 bits per heavy atom. The van der Waals surface area contributed by atoms with Gasteiger partial charge in [-0.25, -0.2) is 8.78 Å². The highest BCUT2D eigenvalue weighted by atomic mass is 19.1. The second kappa shape index (κ2) is 8.20.